The van der Waals surface area contributed by atoms with Gasteiger partial charge in [0.1, 0.15) is 12.9 Å². The quantitative estimate of drug-likeness (QED) is 0.656. The van der Waals surface area contributed by atoms with Crippen LogP contribution in [0.4, 0.5) is 5.82 Å². The van der Waals surface area contributed by atoms with E-state index >= 15 is 0 Å². The minimum atomic E-state index is 0.225. The molecule has 1 saturated heterocycles. The molecule has 8 heteroatoms. The summed E-state index contributed by atoms with van der Waals surface area (Å²) in [5.74, 6) is 8.55. The predicted octanol–water partition coefficient (Wildman–Crippen LogP) is 1.91. The average molecular weight is 378 g/mol. The maximum absolute atomic E-state index is 5.66. The normalized spacial score (nSPS) is 16.6. The first-order valence-electron chi connectivity index (χ1n) is 9.13. The highest BCUT2D eigenvalue weighted by molar-refractivity contribution is 5.83. The van der Waals surface area contributed by atoms with E-state index in [1.165, 1.54) is 6.33 Å². The van der Waals surface area contributed by atoms with Gasteiger partial charge < -0.3 is 24.7 Å². The summed E-state index contributed by atoms with van der Waals surface area (Å²) in [6.07, 6.45) is 2.61. The zero-order chi connectivity index (χ0) is 19.3. The molecule has 144 valence electrons. The van der Waals surface area contributed by atoms with Crippen molar-refractivity contribution in [2.45, 2.75) is 12.5 Å². The zero-order valence-electron chi connectivity index (χ0n) is 15.9. The van der Waals surface area contributed by atoms with E-state index < -0.39 is 0 Å². The number of nitrogens with zero attached hydrogens (tertiary/aromatic N) is 4. The fourth-order valence-electron chi connectivity index (χ4n) is 3.21. The summed E-state index contributed by atoms with van der Waals surface area (Å²) in [6, 6.07) is 7.83. The Kier molecular flexibility index (Phi) is 5.26. The lowest BCUT2D eigenvalue weighted by Gasteiger charge is -2.13. The summed E-state index contributed by atoms with van der Waals surface area (Å²) in [5, 5.41) is 3.47. The third-order valence-electron chi connectivity index (χ3n) is 4.59. The van der Waals surface area contributed by atoms with Crippen LogP contribution in [0.5, 0.6) is 11.5 Å². The van der Waals surface area contributed by atoms with E-state index in [0.717, 1.165) is 25.3 Å². The molecule has 0 bridgehead atoms. The number of aromatic amines is 1. The fourth-order valence-corrected chi connectivity index (χ4v) is 3.21. The van der Waals surface area contributed by atoms with Gasteiger partial charge in [0, 0.05) is 12.6 Å². The van der Waals surface area contributed by atoms with E-state index in [-0.39, 0.29) is 6.61 Å². The fraction of sp³-hybridized carbons (Fsp3) is 0.350. The third-order valence-corrected chi connectivity index (χ3v) is 4.59. The Labute approximate surface area is 163 Å². The van der Waals surface area contributed by atoms with Gasteiger partial charge in [-0.1, -0.05) is 18.1 Å². The highest BCUT2D eigenvalue weighted by atomic mass is 16.5. The molecule has 0 amide bonds. The van der Waals surface area contributed by atoms with Crippen molar-refractivity contribution >= 4 is 17.0 Å². The first-order chi connectivity index (χ1) is 13.7. The van der Waals surface area contributed by atoms with Crippen molar-refractivity contribution in [3.63, 3.8) is 0 Å². The highest BCUT2D eigenvalue weighted by Crippen LogP contribution is 2.25. The van der Waals surface area contributed by atoms with Crippen molar-refractivity contribution in [3.8, 4) is 23.3 Å². The maximum Gasteiger partial charge on any atom is 0.185 e. The number of nitrogens with one attached hydrogen (secondary N) is 2. The zero-order valence-corrected chi connectivity index (χ0v) is 15.9. The molecule has 2 aromatic heterocycles. The molecule has 1 aromatic carbocycles. The lowest BCUT2D eigenvalue weighted by Crippen LogP contribution is -2.24. The van der Waals surface area contributed by atoms with Crippen LogP contribution in [0.25, 0.3) is 11.2 Å². The standard InChI is InChI=1S/C20H22N6O2/c1-26-10-9-14(12-26)23-19-18-20(22-13-21-19)25-17(24-18)8-5-11-28-16-7-4-3-6-15(16)27-2/h3-4,6-7,13-14H,9-12H2,1-2H3,(H2,21,22,23,24,25). The maximum atomic E-state index is 5.66. The molecule has 1 aliphatic rings. The molecule has 1 unspecified atom stereocenters. The van der Waals surface area contributed by atoms with Gasteiger partial charge in [0.2, 0.25) is 0 Å². The first kappa shape index (κ1) is 18.1. The average Bonchev–Trinajstić information content (AvgIpc) is 3.32. The van der Waals surface area contributed by atoms with Crippen molar-refractivity contribution in [2.24, 2.45) is 0 Å². The number of rotatable bonds is 5. The molecule has 8 nitrogen and oxygen atoms in total. The van der Waals surface area contributed by atoms with Crippen molar-refractivity contribution in [1.29, 1.82) is 0 Å². The number of para-hydroxylation sites is 2. The molecular formula is C20H22N6O2. The number of hydrogen-bond donors (Lipinski definition) is 2. The van der Waals surface area contributed by atoms with Crippen molar-refractivity contribution < 1.29 is 9.47 Å². The van der Waals surface area contributed by atoms with Crippen LogP contribution in [-0.2, 0) is 0 Å². The molecular weight excluding hydrogens is 356 g/mol. The van der Waals surface area contributed by atoms with E-state index in [1.807, 2.05) is 24.3 Å². The second kappa shape index (κ2) is 8.15. The highest BCUT2D eigenvalue weighted by Gasteiger charge is 2.21. The van der Waals surface area contributed by atoms with Crippen molar-refractivity contribution in [2.75, 3.05) is 39.2 Å². The Morgan fingerprint density at radius 1 is 1.29 bits per heavy atom. The minimum Gasteiger partial charge on any atom is -0.493 e. The molecule has 3 aromatic rings. The number of hydrogen-bond acceptors (Lipinski definition) is 7. The minimum absolute atomic E-state index is 0.225. The monoisotopic (exact) mass is 378 g/mol. The van der Waals surface area contributed by atoms with Gasteiger partial charge in [0.25, 0.3) is 0 Å². The molecule has 2 N–H and O–H groups in total. The molecule has 1 fully saturated rings. The summed E-state index contributed by atoms with van der Waals surface area (Å²) in [7, 11) is 3.73. The lowest BCUT2D eigenvalue weighted by atomic mass is 10.2. The Bertz CT molecular complexity index is 1020. The topological polar surface area (TPSA) is 88.2 Å². The Balaban J connectivity index is 1.45. The molecule has 0 spiro atoms. The predicted molar refractivity (Wildman–Crippen MR) is 107 cm³/mol. The number of methoxy groups -OCH3 is 1. The van der Waals surface area contributed by atoms with Crippen LogP contribution in [0.2, 0.25) is 0 Å². The summed E-state index contributed by atoms with van der Waals surface area (Å²) in [6.45, 7) is 2.29. The van der Waals surface area contributed by atoms with Crippen molar-refractivity contribution in [3.05, 3.63) is 36.4 Å². The Hall–Kier alpha value is -3.31. The van der Waals surface area contributed by atoms with E-state index in [1.54, 1.807) is 7.11 Å². The third kappa shape index (κ3) is 4.00. The number of imidazole rings is 1. The number of likely N-dealkylation sites (N-methyl/N-ethyl adjacent to an activating group) is 1. The second-order valence-electron chi connectivity index (χ2n) is 6.64. The number of aromatic nitrogens is 4. The van der Waals surface area contributed by atoms with Gasteiger partial charge >= 0.3 is 0 Å². The summed E-state index contributed by atoms with van der Waals surface area (Å²) in [4.78, 5) is 18.6. The summed E-state index contributed by atoms with van der Waals surface area (Å²) in [5.41, 5.74) is 1.37. The van der Waals surface area contributed by atoms with Crippen LogP contribution in [0.1, 0.15) is 12.2 Å². The van der Waals surface area contributed by atoms with Gasteiger partial charge in [0.15, 0.2) is 34.3 Å². The van der Waals surface area contributed by atoms with E-state index in [0.29, 0.717) is 34.5 Å². The van der Waals surface area contributed by atoms with Gasteiger partial charge in [-0.2, -0.15) is 0 Å². The summed E-state index contributed by atoms with van der Waals surface area (Å²) < 4.78 is 10.9. The molecule has 1 atom stereocenters. The number of H-pyrrole nitrogens is 1. The second-order valence-corrected chi connectivity index (χ2v) is 6.64. The molecule has 28 heavy (non-hydrogen) atoms. The Morgan fingerprint density at radius 3 is 2.93 bits per heavy atom. The van der Waals surface area contributed by atoms with E-state index in [4.69, 9.17) is 9.47 Å². The number of benzene rings is 1. The van der Waals surface area contributed by atoms with Gasteiger partial charge in [-0.15, -0.1) is 0 Å². The number of likely N-dealkylation sites (tertiary alicyclic amines) is 1. The summed E-state index contributed by atoms with van der Waals surface area (Å²) >= 11 is 0. The molecule has 0 radical (unpaired) electrons. The van der Waals surface area contributed by atoms with Crippen LogP contribution >= 0.6 is 0 Å². The SMILES string of the molecule is COc1ccccc1OCC#Cc1nc2c(NC3CCN(C)C3)ncnc2[nH]1. The number of fused-ring (bicyclic) bond motifs is 1. The first-order valence-corrected chi connectivity index (χ1v) is 9.13. The van der Waals surface area contributed by atoms with Gasteiger partial charge in [-0.05, 0) is 38.1 Å². The van der Waals surface area contributed by atoms with Crippen LogP contribution in [0.3, 0.4) is 0 Å². The van der Waals surface area contributed by atoms with Crippen LogP contribution in [0.15, 0.2) is 30.6 Å². The number of anilines is 1. The molecule has 1 aliphatic heterocycles. The van der Waals surface area contributed by atoms with Crippen molar-refractivity contribution in [1.82, 2.24) is 24.8 Å². The van der Waals surface area contributed by atoms with Gasteiger partial charge in [0.05, 0.1) is 7.11 Å². The van der Waals surface area contributed by atoms with Crippen LogP contribution in [0, 0.1) is 11.8 Å². The molecule has 3 heterocycles. The van der Waals surface area contributed by atoms with E-state index in [9.17, 15) is 0 Å². The molecule has 4 rings (SSSR count). The Morgan fingerprint density at radius 2 is 2.14 bits per heavy atom. The smallest absolute Gasteiger partial charge is 0.185 e. The number of ether oxygens (including phenoxy) is 2. The van der Waals surface area contributed by atoms with Crippen LogP contribution < -0.4 is 14.8 Å². The molecule has 0 saturated carbocycles. The van der Waals surface area contributed by atoms with Crippen LogP contribution in [-0.4, -0.2) is 64.7 Å². The lowest BCUT2D eigenvalue weighted by molar-refractivity contribution is 0.331. The largest absolute Gasteiger partial charge is 0.493 e. The molecule has 0 aliphatic carbocycles. The van der Waals surface area contributed by atoms with E-state index in [2.05, 4.69) is 49.0 Å². The van der Waals surface area contributed by atoms with Gasteiger partial charge in [-0.3, -0.25) is 0 Å². The van der Waals surface area contributed by atoms with Gasteiger partial charge in [-0.25, -0.2) is 15.0 Å².